The van der Waals surface area contributed by atoms with E-state index in [0.29, 0.717) is 10.8 Å². The van der Waals surface area contributed by atoms with Crippen LogP contribution in [0.25, 0.3) is 0 Å². The van der Waals surface area contributed by atoms with Crippen molar-refractivity contribution in [1.82, 2.24) is 0 Å². The topological polar surface area (TPSA) is 0 Å². The maximum Gasteiger partial charge on any atom is -0.0143 e. The van der Waals surface area contributed by atoms with Crippen molar-refractivity contribution in [3.05, 3.63) is 30.2 Å². The van der Waals surface area contributed by atoms with Crippen molar-refractivity contribution in [2.75, 3.05) is 0 Å². The molecule has 0 aliphatic heterocycles. The van der Waals surface area contributed by atoms with Crippen LogP contribution in [-0.2, 0) is 0 Å². The van der Waals surface area contributed by atoms with Gasteiger partial charge in [0, 0.05) is 0 Å². The first-order valence-electron chi connectivity index (χ1n) is 13.0. The molecule has 0 amide bonds. The normalized spacial score (nSPS) is 44.2. The van der Waals surface area contributed by atoms with Crippen LogP contribution in [0.2, 0.25) is 0 Å². The highest BCUT2D eigenvalue weighted by Crippen LogP contribution is 2.66. The fourth-order valence-electron chi connectivity index (χ4n) is 8.48. The quantitative estimate of drug-likeness (QED) is 0.408. The van der Waals surface area contributed by atoms with Crippen LogP contribution in [0.4, 0.5) is 0 Å². The minimum absolute atomic E-state index is 0.537. The van der Waals surface area contributed by atoms with E-state index in [0.717, 1.165) is 41.4 Å². The van der Waals surface area contributed by atoms with Gasteiger partial charge in [0.15, 0.2) is 0 Å². The zero-order valence-electron chi connectivity index (χ0n) is 20.2. The zero-order valence-corrected chi connectivity index (χ0v) is 20.2. The van der Waals surface area contributed by atoms with Gasteiger partial charge in [-0.05, 0) is 116 Å². The Hall–Kier alpha value is -0.520. The molecule has 0 nitrogen and oxygen atoms in total. The molecule has 0 aromatic rings. The predicted octanol–water partition coefficient (Wildman–Crippen LogP) is 8.64. The first-order valence-corrected chi connectivity index (χ1v) is 13.0. The number of rotatable bonds is 5. The molecule has 0 bridgehead atoms. The van der Waals surface area contributed by atoms with Crippen LogP contribution in [0, 0.1) is 58.7 Å². The van der Waals surface area contributed by atoms with Crippen LogP contribution < -0.4 is 0 Å². The van der Waals surface area contributed by atoms with E-state index < -0.39 is 0 Å². The standard InChI is InChI=1S/C29H47/c1-7-22(20(2)3)12-11-21(4)25-15-16-26-24-14-13-23-10-8-9-18-28(23,5)27(24)17-19-29(25,26)6/h8,11-12,14,20-23,25-27H,7,9-10,13,15-19H2,1-6H3/t21-,22-,23?,25-,26+,27+,28+,29-/m1/s1. The van der Waals surface area contributed by atoms with Crippen LogP contribution in [0.5, 0.6) is 0 Å². The summed E-state index contributed by atoms with van der Waals surface area (Å²) in [6.45, 7) is 15.0. The summed E-state index contributed by atoms with van der Waals surface area (Å²) in [5.74, 6) is 5.81. The molecule has 163 valence electrons. The van der Waals surface area contributed by atoms with E-state index in [4.69, 9.17) is 0 Å². The SMILES string of the molecule is CC[C@H](C=C[C@@H](C)[C@H]1CC[C@H]2C3=CCC4C[CH]CC[C@]4(C)[C@H]3CC[C@]12C)C(C)C. The maximum atomic E-state index is 2.76. The molecule has 4 aliphatic rings. The average Bonchev–Trinajstić information content (AvgIpc) is 3.05. The second-order valence-electron chi connectivity index (χ2n) is 12.1. The minimum Gasteiger partial charge on any atom is -0.0851 e. The van der Waals surface area contributed by atoms with Crippen molar-refractivity contribution >= 4 is 0 Å². The van der Waals surface area contributed by atoms with E-state index in [-0.39, 0.29) is 0 Å². The van der Waals surface area contributed by atoms with Crippen molar-refractivity contribution in [2.24, 2.45) is 52.3 Å². The Bertz CT molecular complexity index is 638. The second kappa shape index (κ2) is 8.20. The van der Waals surface area contributed by atoms with Crippen LogP contribution in [0.15, 0.2) is 23.8 Å². The molecular weight excluding hydrogens is 348 g/mol. The Morgan fingerprint density at radius 3 is 2.45 bits per heavy atom. The molecule has 29 heavy (non-hydrogen) atoms. The number of hydrogen-bond acceptors (Lipinski definition) is 0. The third kappa shape index (κ3) is 3.59. The van der Waals surface area contributed by atoms with Crippen LogP contribution in [-0.4, -0.2) is 0 Å². The van der Waals surface area contributed by atoms with E-state index in [9.17, 15) is 0 Å². The highest BCUT2D eigenvalue weighted by molar-refractivity contribution is 5.28. The molecule has 0 aromatic carbocycles. The maximum absolute atomic E-state index is 2.76. The van der Waals surface area contributed by atoms with Gasteiger partial charge in [0.1, 0.15) is 0 Å². The Kier molecular flexibility index (Phi) is 6.14. The monoisotopic (exact) mass is 395 g/mol. The van der Waals surface area contributed by atoms with Crippen molar-refractivity contribution in [1.29, 1.82) is 0 Å². The smallest absolute Gasteiger partial charge is 0.0143 e. The van der Waals surface area contributed by atoms with Gasteiger partial charge in [-0.2, -0.15) is 0 Å². The summed E-state index contributed by atoms with van der Waals surface area (Å²) in [7, 11) is 0. The lowest BCUT2D eigenvalue weighted by Crippen LogP contribution is -2.48. The van der Waals surface area contributed by atoms with Gasteiger partial charge < -0.3 is 0 Å². The molecule has 0 heteroatoms. The van der Waals surface area contributed by atoms with E-state index >= 15 is 0 Å². The van der Waals surface area contributed by atoms with Crippen molar-refractivity contribution in [2.45, 2.75) is 99.3 Å². The molecule has 4 rings (SSSR count). The summed E-state index contributed by atoms with van der Waals surface area (Å²) < 4.78 is 0. The largest absolute Gasteiger partial charge is 0.0851 e. The van der Waals surface area contributed by atoms with Gasteiger partial charge in [-0.1, -0.05) is 65.3 Å². The fourth-order valence-corrected chi connectivity index (χ4v) is 8.48. The predicted molar refractivity (Wildman–Crippen MR) is 126 cm³/mol. The van der Waals surface area contributed by atoms with Gasteiger partial charge in [0.2, 0.25) is 0 Å². The Labute approximate surface area is 182 Å². The molecule has 4 aliphatic carbocycles. The number of allylic oxidation sites excluding steroid dienone is 4. The van der Waals surface area contributed by atoms with E-state index in [2.05, 4.69) is 66.2 Å². The lowest BCUT2D eigenvalue weighted by atomic mass is 9.48. The Morgan fingerprint density at radius 2 is 1.72 bits per heavy atom. The van der Waals surface area contributed by atoms with Crippen LogP contribution >= 0.6 is 0 Å². The third-order valence-corrected chi connectivity index (χ3v) is 10.5. The zero-order chi connectivity index (χ0) is 20.8. The molecular formula is C29H47. The van der Waals surface area contributed by atoms with Gasteiger partial charge in [-0.25, -0.2) is 0 Å². The van der Waals surface area contributed by atoms with Crippen LogP contribution in [0.1, 0.15) is 99.3 Å². The van der Waals surface area contributed by atoms with Crippen LogP contribution in [0.3, 0.4) is 0 Å². The molecule has 0 aromatic heterocycles. The molecule has 8 atom stereocenters. The van der Waals surface area contributed by atoms with Gasteiger partial charge in [-0.15, -0.1) is 0 Å². The fraction of sp³-hybridized carbons (Fsp3) is 0.828. The highest BCUT2D eigenvalue weighted by Gasteiger charge is 2.57. The summed E-state index contributed by atoms with van der Waals surface area (Å²) in [5, 5.41) is 0. The number of hydrogen-bond donors (Lipinski definition) is 0. The second-order valence-corrected chi connectivity index (χ2v) is 12.1. The molecule has 0 saturated heterocycles. The van der Waals surface area contributed by atoms with E-state index in [1.54, 1.807) is 0 Å². The average molecular weight is 396 g/mol. The van der Waals surface area contributed by atoms with Crippen molar-refractivity contribution < 1.29 is 0 Å². The summed E-state index contributed by atoms with van der Waals surface area (Å²) in [5.41, 5.74) is 3.05. The lowest BCUT2D eigenvalue weighted by Gasteiger charge is -2.57. The first-order chi connectivity index (χ1) is 13.8. The van der Waals surface area contributed by atoms with Gasteiger partial charge >= 0.3 is 0 Å². The van der Waals surface area contributed by atoms with Crippen molar-refractivity contribution in [3.63, 3.8) is 0 Å². The molecule has 0 N–H and O–H groups in total. The first kappa shape index (κ1) is 21.7. The van der Waals surface area contributed by atoms with Gasteiger partial charge in [-0.3, -0.25) is 0 Å². The molecule has 1 radical (unpaired) electrons. The molecule has 0 heterocycles. The lowest BCUT2D eigenvalue weighted by molar-refractivity contribution is 0.00374. The van der Waals surface area contributed by atoms with E-state index in [1.165, 1.54) is 57.8 Å². The molecule has 1 unspecified atom stereocenters. The molecule has 3 saturated carbocycles. The van der Waals surface area contributed by atoms with Gasteiger partial charge in [0.05, 0.1) is 0 Å². The third-order valence-electron chi connectivity index (χ3n) is 10.5. The minimum atomic E-state index is 0.537. The summed E-state index contributed by atoms with van der Waals surface area (Å²) in [6.07, 6.45) is 23.2. The van der Waals surface area contributed by atoms with Crippen molar-refractivity contribution in [3.8, 4) is 0 Å². The molecule has 3 fully saturated rings. The Balaban J connectivity index is 1.53. The summed E-state index contributed by atoms with van der Waals surface area (Å²) in [6, 6.07) is 0. The Morgan fingerprint density at radius 1 is 0.966 bits per heavy atom. The van der Waals surface area contributed by atoms with E-state index in [1.807, 2.05) is 5.57 Å². The number of fused-ring (bicyclic) bond motifs is 5. The van der Waals surface area contributed by atoms with Gasteiger partial charge in [0.25, 0.3) is 0 Å². The highest BCUT2D eigenvalue weighted by atomic mass is 14.6. The summed E-state index contributed by atoms with van der Waals surface area (Å²) in [4.78, 5) is 0. The molecule has 0 spiro atoms. The summed E-state index contributed by atoms with van der Waals surface area (Å²) >= 11 is 0.